The van der Waals surface area contributed by atoms with Gasteiger partial charge in [0, 0.05) is 25.6 Å². The van der Waals surface area contributed by atoms with E-state index >= 15 is 0 Å². The fourth-order valence-electron chi connectivity index (χ4n) is 8.22. The Morgan fingerprint density at radius 3 is 2.05 bits per heavy atom. The second-order valence-corrected chi connectivity index (χ2v) is 18.2. The molecule has 5 nitrogen and oxygen atoms in total. The van der Waals surface area contributed by atoms with Gasteiger partial charge in [0.15, 0.2) is 12.6 Å². The van der Waals surface area contributed by atoms with Crippen molar-refractivity contribution in [2.75, 3.05) is 19.8 Å². The van der Waals surface area contributed by atoms with Gasteiger partial charge in [0.05, 0.1) is 12.7 Å². The smallest absolute Gasteiger partial charge is 0.261 e. The molecule has 0 spiro atoms. The van der Waals surface area contributed by atoms with Crippen LogP contribution in [0.3, 0.4) is 0 Å². The lowest BCUT2D eigenvalue weighted by Gasteiger charge is -2.46. The first-order valence-electron chi connectivity index (χ1n) is 16.2. The van der Waals surface area contributed by atoms with E-state index in [4.69, 9.17) is 18.6 Å². The molecule has 0 aromatic heterocycles. The second kappa shape index (κ2) is 13.0. The number of fused-ring (bicyclic) bond motifs is 1. The Kier molecular flexibility index (Phi) is 9.25. The van der Waals surface area contributed by atoms with Gasteiger partial charge in [-0.1, -0.05) is 112 Å². The highest BCUT2D eigenvalue weighted by molar-refractivity contribution is 6.99. The largest absolute Gasteiger partial charge is 0.407 e. The Labute approximate surface area is 258 Å². The number of benzene rings is 3. The highest BCUT2D eigenvalue weighted by atomic mass is 28.4. The number of ether oxygens (including phenoxy) is 3. The lowest BCUT2D eigenvalue weighted by Crippen LogP contribution is -2.67. The van der Waals surface area contributed by atoms with Gasteiger partial charge in [0.2, 0.25) is 0 Å². The molecule has 6 rings (SSSR count). The van der Waals surface area contributed by atoms with E-state index in [1.807, 2.05) is 0 Å². The zero-order valence-corrected chi connectivity index (χ0v) is 27.0. The lowest BCUT2D eigenvalue weighted by atomic mass is 9.68. The first-order chi connectivity index (χ1) is 20.8. The number of hydrogen-bond donors (Lipinski definition) is 1. The number of aliphatic hydroxyl groups excluding tert-OH is 1. The molecule has 2 aliphatic heterocycles. The van der Waals surface area contributed by atoms with Crippen molar-refractivity contribution in [3.8, 4) is 0 Å². The Hall–Kier alpha value is -2.32. The molecule has 1 saturated carbocycles. The molecule has 43 heavy (non-hydrogen) atoms. The Bertz CT molecular complexity index is 1250. The SMILES string of the molecule is CC(C)(C)[Si](OC[C@@H]1[C@H]2COC(O)C[C@]2(Cc2ccccc2)C[C@H]1OC1CCCCO1)(c1ccccc1)c1ccccc1. The molecule has 0 bridgehead atoms. The molecule has 3 fully saturated rings. The van der Waals surface area contributed by atoms with Crippen LogP contribution < -0.4 is 10.4 Å². The average Bonchev–Trinajstić information content (AvgIpc) is 3.30. The van der Waals surface area contributed by atoms with Crippen LogP contribution in [-0.4, -0.2) is 51.9 Å². The van der Waals surface area contributed by atoms with Crippen molar-refractivity contribution in [3.63, 3.8) is 0 Å². The molecule has 6 heteroatoms. The van der Waals surface area contributed by atoms with E-state index in [0.29, 0.717) is 19.6 Å². The molecule has 1 N–H and O–H groups in total. The van der Waals surface area contributed by atoms with Crippen LogP contribution in [0.2, 0.25) is 5.04 Å². The molecule has 6 atom stereocenters. The normalized spacial score (nSPS) is 29.7. The number of hydrogen-bond acceptors (Lipinski definition) is 5. The number of aliphatic hydroxyl groups is 1. The molecular formula is C37H48O5Si. The monoisotopic (exact) mass is 600 g/mol. The summed E-state index contributed by atoms with van der Waals surface area (Å²) in [5, 5.41) is 13.3. The van der Waals surface area contributed by atoms with E-state index in [1.54, 1.807) is 0 Å². The van der Waals surface area contributed by atoms with Crippen LogP contribution in [0.4, 0.5) is 0 Å². The first-order valence-corrected chi connectivity index (χ1v) is 18.1. The van der Waals surface area contributed by atoms with Crippen LogP contribution in [0.15, 0.2) is 91.0 Å². The summed E-state index contributed by atoms with van der Waals surface area (Å²) in [6.07, 6.45) is 4.51. The maximum absolute atomic E-state index is 10.8. The van der Waals surface area contributed by atoms with Gasteiger partial charge in [-0.3, -0.25) is 0 Å². The van der Waals surface area contributed by atoms with Gasteiger partial charge in [-0.05, 0) is 64.4 Å². The maximum atomic E-state index is 10.8. The van der Waals surface area contributed by atoms with Crippen LogP contribution in [-0.2, 0) is 25.1 Å². The van der Waals surface area contributed by atoms with Crippen molar-refractivity contribution in [3.05, 3.63) is 96.6 Å². The fraction of sp³-hybridized carbons (Fsp3) is 0.514. The van der Waals surface area contributed by atoms with Gasteiger partial charge in [0.25, 0.3) is 8.32 Å². The van der Waals surface area contributed by atoms with Crippen molar-refractivity contribution < 1.29 is 23.7 Å². The van der Waals surface area contributed by atoms with Crippen LogP contribution in [0.5, 0.6) is 0 Å². The van der Waals surface area contributed by atoms with E-state index in [1.165, 1.54) is 15.9 Å². The van der Waals surface area contributed by atoms with E-state index < -0.39 is 14.6 Å². The van der Waals surface area contributed by atoms with Gasteiger partial charge in [-0.2, -0.15) is 0 Å². The zero-order chi connectivity index (χ0) is 29.9. The van der Waals surface area contributed by atoms with E-state index in [9.17, 15) is 5.11 Å². The Morgan fingerprint density at radius 2 is 1.47 bits per heavy atom. The summed E-state index contributed by atoms with van der Waals surface area (Å²) in [6, 6.07) is 32.4. The third-order valence-corrected chi connectivity index (χ3v) is 15.2. The molecule has 0 amide bonds. The summed E-state index contributed by atoms with van der Waals surface area (Å²) in [5.41, 5.74) is 1.15. The molecule has 230 valence electrons. The minimum absolute atomic E-state index is 0.0380. The van der Waals surface area contributed by atoms with Gasteiger partial charge < -0.3 is 23.7 Å². The molecule has 3 aliphatic rings. The van der Waals surface area contributed by atoms with Crippen LogP contribution in [0, 0.1) is 17.3 Å². The predicted molar refractivity (Wildman–Crippen MR) is 173 cm³/mol. The standard InChI is InChI=1S/C37H48O5Si/c1-36(2,3)43(29-17-9-5-10-18-29,30-19-11-6-12-20-30)41-26-31-32-27-40-34(38)25-37(32,23-28-15-7-4-8-16-28)24-33(31)42-35-21-13-14-22-39-35/h4-12,15-20,31-35,38H,13-14,21-27H2,1-3H3/t31-,32-,33-,34?,35?,37+/m1/s1. The average molecular weight is 601 g/mol. The Balaban J connectivity index is 1.38. The second-order valence-electron chi connectivity index (χ2n) is 13.9. The topological polar surface area (TPSA) is 57.2 Å². The van der Waals surface area contributed by atoms with Crippen LogP contribution >= 0.6 is 0 Å². The van der Waals surface area contributed by atoms with Crippen molar-refractivity contribution in [1.82, 2.24) is 0 Å². The highest BCUT2D eigenvalue weighted by Gasteiger charge is 2.58. The Morgan fingerprint density at radius 1 is 0.837 bits per heavy atom. The molecule has 2 unspecified atom stereocenters. The van der Waals surface area contributed by atoms with Crippen LogP contribution in [0.1, 0.15) is 58.4 Å². The molecule has 3 aromatic carbocycles. The highest BCUT2D eigenvalue weighted by Crippen LogP contribution is 2.56. The third-order valence-electron chi connectivity index (χ3n) is 10.2. The molecule has 1 aliphatic carbocycles. The van der Waals surface area contributed by atoms with Gasteiger partial charge in [-0.15, -0.1) is 0 Å². The summed E-state index contributed by atoms with van der Waals surface area (Å²) in [4.78, 5) is 0. The summed E-state index contributed by atoms with van der Waals surface area (Å²) in [5.74, 6) is 0.311. The van der Waals surface area contributed by atoms with Gasteiger partial charge in [-0.25, -0.2) is 0 Å². The van der Waals surface area contributed by atoms with E-state index in [0.717, 1.165) is 38.7 Å². The van der Waals surface area contributed by atoms with Crippen molar-refractivity contribution in [2.45, 2.75) is 83.0 Å². The minimum Gasteiger partial charge on any atom is -0.407 e. The quantitative estimate of drug-likeness (QED) is 0.302. The van der Waals surface area contributed by atoms with Gasteiger partial charge >= 0.3 is 0 Å². The molecule has 2 saturated heterocycles. The first kappa shape index (κ1) is 30.7. The molecule has 0 radical (unpaired) electrons. The minimum atomic E-state index is -2.74. The van der Waals surface area contributed by atoms with E-state index in [2.05, 4.69) is 112 Å². The van der Waals surface area contributed by atoms with E-state index in [-0.39, 0.29) is 34.7 Å². The lowest BCUT2D eigenvalue weighted by molar-refractivity contribution is -0.199. The molecule has 3 aromatic rings. The number of rotatable bonds is 9. The van der Waals surface area contributed by atoms with Crippen molar-refractivity contribution in [2.24, 2.45) is 17.3 Å². The third kappa shape index (κ3) is 6.28. The zero-order valence-electron chi connectivity index (χ0n) is 26.0. The predicted octanol–water partition coefficient (Wildman–Crippen LogP) is 6.08. The van der Waals surface area contributed by atoms with Crippen molar-refractivity contribution >= 4 is 18.7 Å². The van der Waals surface area contributed by atoms with Gasteiger partial charge in [0.1, 0.15) is 0 Å². The fourth-order valence-corrected chi connectivity index (χ4v) is 12.8. The molecular weight excluding hydrogens is 552 g/mol. The maximum Gasteiger partial charge on any atom is 0.261 e. The van der Waals surface area contributed by atoms with Crippen LogP contribution in [0.25, 0.3) is 0 Å². The summed E-state index contributed by atoms with van der Waals surface area (Å²) in [7, 11) is -2.74. The van der Waals surface area contributed by atoms with Crippen molar-refractivity contribution in [1.29, 1.82) is 0 Å². The summed E-state index contributed by atoms with van der Waals surface area (Å²) < 4.78 is 26.6. The summed E-state index contributed by atoms with van der Waals surface area (Å²) in [6.45, 7) is 8.83. The summed E-state index contributed by atoms with van der Waals surface area (Å²) >= 11 is 0. The molecule has 2 heterocycles.